The van der Waals surface area contributed by atoms with Crippen molar-refractivity contribution in [3.8, 4) is 10.4 Å². The van der Waals surface area contributed by atoms with Crippen molar-refractivity contribution in [2.24, 2.45) is 7.05 Å². The van der Waals surface area contributed by atoms with Gasteiger partial charge in [0.2, 0.25) is 0 Å². The van der Waals surface area contributed by atoms with Gasteiger partial charge in [-0.05, 0) is 42.8 Å². The van der Waals surface area contributed by atoms with Crippen LogP contribution in [0.1, 0.15) is 4.88 Å². The summed E-state index contributed by atoms with van der Waals surface area (Å²) in [5.74, 6) is 0. The van der Waals surface area contributed by atoms with Gasteiger partial charge in [0, 0.05) is 38.6 Å². The molecule has 1 nitrogen and oxygen atoms in total. The molecule has 20 heavy (non-hydrogen) atoms. The van der Waals surface area contributed by atoms with Crippen LogP contribution in [0.25, 0.3) is 32.2 Å². The fourth-order valence-electron chi connectivity index (χ4n) is 2.91. The zero-order chi connectivity index (χ0) is 13.7. The standard InChI is InChI=1S/C18H15NS/c1-12-7-10-18(20-12)13-8-9-17-15(11-13)14-5-3-4-6-16(14)19(17)2/h3-11H,1-2H3. The van der Waals surface area contributed by atoms with Crippen LogP contribution < -0.4 is 0 Å². The van der Waals surface area contributed by atoms with Crippen LogP contribution in [-0.4, -0.2) is 4.57 Å². The molecule has 2 aromatic heterocycles. The van der Waals surface area contributed by atoms with E-state index in [1.54, 1.807) is 0 Å². The Morgan fingerprint density at radius 3 is 2.45 bits per heavy atom. The molecule has 4 aromatic rings. The second-order valence-corrected chi connectivity index (χ2v) is 6.51. The Bertz CT molecular complexity index is 927. The van der Waals surface area contributed by atoms with E-state index in [1.807, 2.05) is 11.3 Å². The van der Waals surface area contributed by atoms with Crippen LogP contribution in [0.3, 0.4) is 0 Å². The average Bonchev–Trinajstić information content (AvgIpc) is 3.03. The van der Waals surface area contributed by atoms with Gasteiger partial charge >= 0.3 is 0 Å². The third-order valence-corrected chi connectivity index (χ3v) is 4.99. The Morgan fingerprint density at radius 1 is 0.850 bits per heavy atom. The number of thiophene rings is 1. The molecule has 4 rings (SSSR count). The first-order chi connectivity index (χ1) is 9.74. The molecule has 2 aromatic carbocycles. The molecular formula is C18H15NS. The molecule has 0 aliphatic rings. The van der Waals surface area contributed by atoms with E-state index < -0.39 is 0 Å². The molecular weight excluding hydrogens is 262 g/mol. The SMILES string of the molecule is Cc1ccc(-c2ccc3c(c2)c2ccccc2n3C)s1. The molecule has 0 radical (unpaired) electrons. The molecule has 0 N–H and O–H groups in total. The van der Waals surface area contributed by atoms with E-state index in [-0.39, 0.29) is 0 Å². The molecule has 0 spiro atoms. The molecule has 0 fully saturated rings. The third kappa shape index (κ3) is 1.61. The molecule has 0 unspecified atom stereocenters. The zero-order valence-corrected chi connectivity index (χ0v) is 12.4. The monoisotopic (exact) mass is 277 g/mol. The Morgan fingerprint density at radius 2 is 1.65 bits per heavy atom. The summed E-state index contributed by atoms with van der Waals surface area (Å²) in [5.41, 5.74) is 3.90. The normalized spacial score (nSPS) is 11.5. The minimum Gasteiger partial charge on any atom is -0.344 e. The van der Waals surface area contributed by atoms with Crippen molar-refractivity contribution in [3.63, 3.8) is 0 Å². The molecule has 0 amide bonds. The summed E-state index contributed by atoms with van der Waals surface area (Å²) in [6.07, 6.45) is 0. The molecule has 0 aliphatic heterocycles. The maximum Gasteiger partial charge on any atom is 0.0489 e. The Kier molecular flexibility index (Phi) is 2.48. The highest BCUT2D eigenvalue weighted by Gasteiger charge is 2.09. The van der Waals surface area contributed by atoms with Gasteiger partial charge in [-0.15, -0.1) is 11.3 Å². The summed E-state index contributed by atoms with van der Waals surface area (Å²) in [5, 5.41) is 2.67. The maximum atomic E-state index is 2.32. The molecule has 0 bridgehead atoms. The first-order valence-corrected chi connectivity index (χ1v) is 7.60. The number of aryl methyl sites for hydroxylation is 2. The molecule has 2 heterocycles. The van der Waals surface area contributed by atoms with E-state index in [1.165, 1.54) is 37.1 Å². The molecule has 2 heteroatoms. The van der Waals surface area contributed by atoms with Gasteiger partial charge in [-0.1, -0.05) is 24.3 Å². The van der Waals surface area contributed by atoms with Gasteiger partial charge in [0.05, 0.1) is 0 Å². The minimum absolute atomic E-state index is 1.29. The molecule has 0 saturated heterocycles. The summed E-state index contributed by atoms with van der Waals surface area (Å²) in [6.45, 7) is 2.16. The number of fused-ring (bicyclic) bond motifs is 3. The minimum atomic E-state index is 1.29. The molecule has 0 atom stereocenters. The molecule has 0 aliphatic carbocycles. The Labute approximate surface area is 122 Å². The average molecular weight is 277 g/mol. The van der Waals surface area contributed by atoms with Crippen molar-refractivity contribution in [2.75, 3.05) is 0 Å². The number of aromatic nitrogens is 1. The molecule has 0 saturated carbocycles. The van der Waals surface area contributed by atoms with Crippen LogP contribution in [0, 0.1) is 6.92 Å². The van der Waals surface area contributed by atoms with Crippen LogP contribution in [0.5, 0.6) is 0 Å². The molecule has 98 valence electrons. The summed E-state index contributed by atoms with van der Waals surface area (Å²) < 4.78 is 2.27. The van der Waals surface area contributed by atoms with Gasteiger partial charge in [0.1, 0.15) is 0 Å². The van der Waals surface area contributed by atoms with Gasteiger partial charge in [-0.2, -0.15) is 0 Å². The van der Waals surface area contributed by atoms with Crippen molar-refractivity contribution < 1.29 is 0 Å². The van der Waals surface area contributed by atoms with Crippen molar-refractivity contribution >= 4 is 33.1 Å². The van der Waals surface area contributed by atoms with Crippen molar-refractivity contribution in [1.29, 1.82) is 0 Å². The quantitative estimate of drug-likeness (QED) is 0.441. The fourth-order valence-corrected chi connectivity index (χ4v) is 3.77. The number of rotatable bonds is 1. The van der Waals surface area contributed by atoms with E-state index in [2.05, 4.69) is 73.1 Å². The summed E-state index contributed by atoms with van der Waals surface area (Å²) in [6, 6.07) is 19.8. The van der Waals surface area contributed by atoms with Crippen LogP contribution in [0.4, 0.5) is 0 Å². The number of hydrogen-bond donors (Lipinski definition) is 0. The fraction of sp³-hybridized carbons (Fsp3) is 0.111. The van der Waals surface area contributed by atoms with Crippen molar-refractivity contribution in [1.82, 2.24) is 4.57 Å². The predicted octanol–water partition coefficient (Wildman–Crippen LogP) is 5.37. The van der Waals surface area contributed by atoms with Gasteiger partial charge < -0.3 is 4.57 Å². The van der Waals surface area contributed by atoms with E-state index in [0.29, 0.717) is 0 Å². The smallest absolute Gasteiger partial charge is 0.0489 e. The van der Waals surface area contributed by atoms with Crippen LogP contribution in [-0.2, 0) is 7.05 Å². The Hall–Kier alpha value is -2.06. The highest BCUT2D eigenvalue weighted by molar-refractivity contribution is 7.15. The number of nitrogens with zero attached hydrogens (tertiary/aromatic N) is 1. The number of benzene rings is 2. The maximum absolute atomic E-state index is 2.32. The van der Waals surface area contributed by atoms with Crippen LogP contribution in [0.2, 0.25) is 0 Å². The van der Waals surface area contributed by atoms with Gasteiger partial charge in [-0.3, -0.25) is 0 Å². The van der Waals surface area contributed by atoms with Crippen molar-refractivity contribution in [2.45, 2.75) is 6.92 Å². The third-order valence-electron chi connectivity index (χ3n) is 3.94. The largest absolute Gasteiger partial charge is 0.344 e. The number of hydrogen-bond acceptors (Lipinski definition) is 1. The second kappa shape index (κ2) is 4.22. The van der Waals surface area contributed by atoms with E-state index in [9.17, 15) is 0 Å². The van der Waals surface area contributed by atoms with Crippen LogP contribution in [0.15, 0.2) is 54.6 Å². The van der Waals surface area contributed by atoms with Crippen molar-refractivity contribution in [3.05, 3.63) is 59.5 Å². The lowest BCUT2D eigenvalue weighted by Crippen LogP contribution is -1.85. The zero-order valence-electron chi connectivity index (χ0n) is 11.6. The van der Waals surface area contributed by atoms with Gasteiger partial charge in [0.15, 0.2) is 0 Å². The topological polar surface area (TPSA) is 4.93 Å². The van der Waals surface area contributed by atoms with Gasteiger partial charge in [0.25, 0.3) is 0 Å². The highest BCUT2D eigenvalue weighted by Crippen LogP contribution is 2.34. The summed E-state index contributed by atoms with van der Waals surface area (Å²) >= 11 is 1.85. The lowest BCUT2D eigenvalue weighted by Gasteiger charge is -2.00. The highest BCUT2D eigenvalue weighted by atomic mass is 32.1. The second-order valence-electron chi connectivity index (χ2n) is 5.22. The summed E-state index contributed by atoms with van der Waals surface area (Å²) in [4.78, 5) is 2.70. The van der Waals surface area contributed by atoms with E-state index in [4.69, 9.17) is 0 Å². The predicted molar refractivity (Wildman–Crippen MR) is 88.5 cm³/mol. The van der Waals surface area contributed by atoms with Crippen LogP contribution >= 0.6 is 11.3 Å². The Balaban J connectivity index is 2.06. The lowest BCUT2D eigenvalue weighted by molar-refractivity contribution is 1.01. The first-order valence-electron chi connectivity index (χ1n) is 6.78. The first kappa shape index (κ1) is 11.7. The van der Waals surface area contributed by atoms with E-state index in [0.717, 1.165) is 0 Å². The lowest BCUT2D eigenvalue weighted by atomic mass is 10.1. The summed E-state index contributed by atoms with van der Waals surface area (Å²) in [7, 11) is 2.14. The van der Waals surface area contributed by atoms with E-state index >= 15 is 0 Å². The van der Waals surface area contributed by atoms with Gasteiger partial charge in [-0.25, -0.2) is 0 Å². The number of para-hydroxylation sites is 1.